The molecule has 2 unspecified atom stereocenters. The Hall–Kier alpha value is -1.31. The third-order valence-corrected chi connectivity index (χ3v) is 3.23. The molecule has 0 bridgehead atoms. The molecule has 0 aliphatic carbocycles. The highest BCUT2D eigenvalue weighted by molar-refractivity contribution is 5.80. The van der Waals surface area contributed by atoms with E-state index in [4.69, 9.17) is 0 Å². The Morgan fingerprint density at radius 2 is 2.07 bits per heavy atom. The lowest BCUT2D eigenvalue weighted by Crippen LogP contribution is -2.24. The smallest absolute Gasteiger partial charge is 0.220 e. The Balaban J connectivity index is 2.36. The fourth-order valence-corrected chi connectivity index (χ4v) is 2.33. The van der Waals surface area contributed by atoms with Crippen LogP contribution in [-0.4, -0.2) is 11.9 Å². The SMILES string of the molecule is Cc1ccc(C)c(C2CC(=O)NC2C)c1. The van der Waals surface area contributed by atoms with E-state index in [9.17, 15) is 4.79 Å². The van der Waals surface area contributed by atoms with Crippen LogP contribution in [0.25, 0.3) is 0 Å². The van der Waals surface area contributed by atoms with Gasteiger partial charge in [-0.05, 0) is 31.9 Å². The third-order valence-electron chi connectivity index (χ3n) is 3.23. The van der Waals surface area contributed by atoms with Crippen LogP contribution in [-0.2, 0) is 4.79 Å². The highest BCUT2D eigenvalue weighted by Crippen LogP contribution is 2.30. The van der Waals surface area contributed by atoms with Crippen LogP contribution in [0.1, 0.15) is 36.0 Å². The minimum Gasteiger partial charge on any atom is -0.353 e. The third kappa shape index (κ3) is 1.89. The summed E-state index contributed by atoms with van der Waals surface area (Å²) < 4.78 is 0. The van der Waals surface area contributed by atoms with Crippen LogP contribution < -0.4 is 5.32 Å². The number of nitrogens with one attached hydrogen (secondary N) is 1. The Morgan fingerprint density at radius 1 is 1.33 bits per heavy atom. The second kappa shape index (κ2) is 3.69. The molecule has 0 saturated carbocycles. The average molecular weight is 203 g/mol. The van der Waals surface area contributed by atoms with E-state index in [1.165, 1.54) is 16.7 Å². The van der Waals surface area contributed by atoms with Gasteiger partial charge in [-0.3, -0.25) is 4.79 Å². The second-order valence-corrected chi connectivity index (χ2v) is 4.53. The molecule has 1 aromatic carbocycles. The van der Waals surface area contributed by atoms with Crippen molar-refractivity contribution in [3.63, 3.8) is 0 Å². The van der Waals surface area contributed by atoms with Gasteiger partial charge in [-0.1, -0.05) is 23.8 Å². The van der Waals surface area contributed by atoms with E-state index in [1.807, 2.05) is 0 Å². The van der Waals surface area contributed by atoms with Gasteiger partial charge in [0.2, 0.25) is 5.91 Å². The highest BCUT2D eigenvalue weighted by Gasteiger charge is 2.30. The van der Waals surface area contributed by atoms with Crippen molar-refractivity contribution in [2.45, 2.75) is 39.2 Å². The molecule has 1 aliphatic heterocycles. The molecule has 2 rings (SSSR count). The largest absolute Gasteiger partial charge is 0.353 e. The maximum atomic E-state index is 11.3. The quantitative estimate of drug-likeness (QED) is 0.745. The molecule has 1 aromatic rings. The van der Waals surface area contributed by atoms with Gasteiger partial charge in [0.25, 0.3) is 0 Å². The van der Waals surface area contributed by atoms with E-state index in [0.29, 0.717) is 12.3 Å². The predicted molar refractivity (Wildman–Crippen MR) is 60.9 cm³/mol. The maximum absolute atomic E-state index is 11.3. The fraction of sp³-hybridized carbons (Fsp3) is 0.462. The average Bonchev–Trinajstić information content (AvgIpc) is 2.50. The number of carbonyl (C=O) groups excluding carboxylic acids is 1. The molecule has 2 atom stereocenters. The zero-order valence-corrected chi connectivity index (χ0v) is 9.50. The number of hydrogen-bond donors (Lipinski definition) is 1. The molecule has 1 saturated heterocycles. The standard InChI is InChI=1S/C13H17NO/c1-8-4-5-9(2)11(6-8)12-7-13(15)14-10(12)3/h4-6,10,12H,7H2,1-3H3,(H,14,15). The molecule has 1 aliphatic rings. The van der Waals surface area contributed by atoms with Gasteiger partial charge in [0.05, 0.1) is 0 Å². The number of amides is 1. The van der Waals surface area contributed by atoms with Crippen molar-refractivity contribution in [2.75, 3.05) is 0 Å². The molecule has 80 valence electrons. The minimum absolute atomic E-state index is 0.174. The summed E-state index contributed by atoms with van der Waals surface area (Å²) in [6.45, 7) is 6.29. The predicted octanol–water partition coefficient (Wildman–Crippen LogP) is 2.30. The Morgan fingerprint density at radius 3 is 2.67 bits per heavy atom. The molecular weight excluding hydrogens is 186 g/mol. The van der Waals surface area contributed by atoms with Gasteiger partial charge in [0.1, 0.15) is 0 Å². The molecule has 0 aromatic heterocycles. The lowest BCUT2D eigenvalue weighted by Gasteiger charge is -2.17. The summed E-state index contributed by atoms with van der Waals surface area (Å²) in [4.78, 5) is 11.3. The van der Waals surface area contributed by atoms with Crippen LogP contribution in [0, 0.1) is 13.8 Å². The monoisotopic (exact) mass is 203 g/mol. The van der Waals surface area contributed by atoms with Gasteiger partial charge in [0.15, 0.2) is 0 Å². The zero-order valence-electron chi connectivity index (χ0n) is 9.50. The number of benzene rings is 1. The highest BCUT2D eigenvalue weighted by atomic mass is 16.1. The van der Waals surface area contributed by atoms with Gasteiger partial charge in [-0.25, -0.2) is 0 Å². The van der Waals surface area contributed by atoms with Crippen molar-refractivity contribution >= 4 is 5.91 Å². The normalized spacial score (nSPS) is 25.4. The van der Waals surface area contributed by atoms with Gasteiger partial charge >= 0.3 is 0 Å². The van der Waals surface area contributed by atoms with E-state index in [1.54, 1.807) is 0 Å². The molecule has 15 heavy (non-hydrogen) atoms. The first kappa shape index (κ1) is 10.2. The molecule has 1 amide bonds. The summed E-state index contributed by atoms with van der Waals surface area (Å²) in [7, 11) is 0. The molecule has 0 spiro atoms. The topological polar surface area (TPSA) is 29.1 Å². The van der Waals surface area contributed by atoms with Crippen LogP contribution >= 0.6 is 0 Å². The summed E-state index contributed by atoms with van der Waals surface area (Å²) in [5.41, 5.74) is 3.87. The van der Waals surface area contributed by atoms with Crippen molar-refractivity contribution in [3.8, 4) is 0 Å². The van der Waals surface area contributed by atoms with Gasteiger partial charge < -0.3 is 5.32 Å². The van der Waals surface area contributed by atoms with Gasteiger partial charge in [-0.2, -0.15) is 0 Å². The molecule has 2 nitrogen and oxygen atoms in total. The molecule has 2 heteroatoms. The zero-order chi connectivity index (χ0) is 11.0. The van der Waals surface area contributed by atoms with Crippen molar-refractivity contribution in [1.82, 2.24) is 5.32 Å². The fourth-order valence-electron chi connectivity index (χ4n) is 2.33. The molecule has 1 fully saturated rings. The summed E-state index contributed by atoms with van der Waals surface area (Å²) in [6.07, 6.45) is 0.630. The van der Waals surface area contributed by atoms with Crippen LogP contribution in [0.15, 0.2) is 18.2 Å². The number of aryl methyl sites for hydroxylation is 2. The van der Waals surface area contributed by atoms with E-state index in [0.717, 1.165) is 0 Å². The maximum Gasteiger partial charge on any atom is 0.220 e. The molecule has 1 heterocycles. The Kier molecular flexibility index (Phi) is 2.51. The van der Waals surface area contributed by atoms with E-state index in [2.05, 4.69) is 44.3 Å². The number of carbonyl (C=O) groups is 1. The number of hydrogen-bond acceptors (Lipinski definition) is 1. The summed E-state index contributed by atoms with van der Waals surface area (Å²) in [5.74, 6) is 0.519. The Bertz CT molecular complexity index is 398. The Labute approximate surface area is 90.7 Å². The van der Waals surface area contributed by atoms with Gasteiger partial charge in [-0.15, -0.1) is 0 Å². The van der Waals surface area contributed by atoms with Crippen LogP contribution in [0.4, 0.5) is 0 Å². The molecular formula is C13H17NO. The van der Waals surface area contributed by atoms with Crippen LogP contribution in [0.2, 0.25) is 0 Å². The van der Waals surface area contributed by atoms with E-state index < -0.39 is 0 Å². The first-order valence-electron chi connectivity index (χ1n) is 5.44. The first-order chi connectivity index (χ1) is 7.08. The van der Waals surface area contributed by atoms with Crippen molar-refractivity contribution in [1.29, 1.82) is 0 Å². The van der Waals surface area contributed by atoms with E-state index >= 15 is 0 Å². The lowest BCUT2D eigenvalue weighted by atomic mass is 9.88. The summed E-state index contributed by atoms with van der Waals surface area (Å²) in [5, 5.41) is 2.97. The van der Waals surface area contributed by atoms with Gasteiger partial charge in [0, 0.05) is 18.4 Å². The van der Waals surface area contributed by atoms with Crippen LogP contribution in [0.3, 0.4) is 0 Å². The number of rotatable bonds is 1. The van der Waals surface area contributed by atoms with Crippen molar-refractivity contribution in [2.24, 2.45) is 0 Å². The second-order valence-electron chi connectivity index (χ2n) is 4.53. The first-order valence-corrected chi connectivity index (χ1v) is 5.44. The van der Waals surface area contributed by atoms with Crippen LogP contribution in [0.5, 0.6) is 0 Å². The summed E-state index contributed by atoms with van der Waals surface area (Å²) in [6, 6.07) is 6.72. The minimum atomic E-state index is 0.174. The summed E-state index contributed by atoms with van der Waals surface area (Å²) >= 11 is 0. The van der Waals surface area contributed by atoms with Crippen molar-refractivity contribution in [3.05, 3.63) is 34.9 Å². The lowest BCUT2D eigenvalue weighted by molar-refractivity contribution is -0.119. The van der Waals surface area contributed by atoms with Crippen molar-refractivity contribution < 1.29 is 4.79 Å². The van der Waals surface area contributed by atoms with E-state index in [-0.39, 0.29) is 11.9 Å². The molecule has 0 radical (unpaired) electrons. The molecule has 1 N–H and O–H groups in total.